The highest BCUT2D eigenvalue weighted by molar-refractivity contribution is 7.80. The summed E-state index contributed by atoms with van der Waals surface area (Å²) in [6.07, 6.45) is 2.46. The van der Waals surface area contributed by atoms with Gasteiger partial charge in [-0.05, 0) is 37.2 Å². The van der Waals surface area contributed by atoms with Crippen molar-refractivity contribution in [2.24, 2.45) is 0 Å². The van der Waals surface area contributed by atoms with Crippen LogP contribution in [0.4, 0.5) is 5.69 Å². The van der Waals surface area contributed by atoms with Gasteiger partial charge in [-0.3, -0.25) is 0 Å². The van der Waals surface area contributed by atoms with E-state index in [2.05, 4.69) is 5.32 Å². The number of nitrogens with one attached hydrogen (secondary N) is 1. The molecule has 0 heterocycles. The van der Waals surface area contributed by atoms with Crippen molar-refractivity contribution in [2.75, 3.05) is 19.1 Å². The Labute approximate surface area is 101 Å². The first-order valence-electron chi connectivity index (χ1n) is 5.39. The van der Waals surface area contributed by atoms with Gasteiger partial charge in [0.25, 0.3) is 0 Å². The summed E-state index contributed by atoms with van der Waals surface area (Å²) in [7, 11) is 3.63. The van der Waals surface area contributed by atoms with Gasteiger partial charge in [0.2, 0.25) is 0 Å². The van der Waals surface area contributed by atoms with Crippen molar-refractivity contribution >= 4 is 23.0 Å². The molecule has 1 aliphatic rings. The molecule has 0 amide bonds. The van der Waals surface area contributed by atoms with Crippen LogP contribution in [0.3, 0.4) is 0 Å². The first-order valence-corrected chi connectivity index (χ1v) is 5.80. The molecule has 1 aromatic carbocycles. The Bertz CT molecular complexity index is 390. The second-order valence-corrected chi connectivity index (χ2v) is 4.37. The molecule has 3 nitrogen and oxygen atoms in total. The maximum absolute atomic E-state index is 5.33. The maximum atomic E-state index is 5.33. The number of hydrogen-bond donors (Lipinski definition) is 1. The van der Waals surface area contributed by atoms with E-state index in [1.165, 1.54) is 12.8 Å². The summed E-state index contributed by atoms with van der Waals surface area (Å²) in [6.45, 7) is 0. The van der Waals surface area contributed by atoms with Gasteiger partial charge in [0, 0.05) is 24.8 Å². The van der Waals surface area contributed by atoms with E-state index < -0.39 is 0 Å². The van der Waals surface area contributed by atoms with Crippen molar-refractivity contribution < 1.29 is 4.74 Å². The minimum atomic E-state index is 0.584. The van der Waals surface area contributed by atoms with Gasteiger partial charge >= 0.3 is 0 Å². The Morgan fingerprint density at radius 3 is 2.88 bits per heavy atom. The average molecular weight is 236 g/mol. The van der Waals surface area contributed by atoms with Gasteiger partial charge in [0.15, 0.2) is 5.11 Å². The summed E-state index contributed by atoms with van der Waals surface area (Å²) in [6, 6.07) is 8.46. The zero-order chi connectivity index (χ0) is 11.5. The first kappa shape index (κ1) is 11.2. The molecule has 1 fully saturated rings. The highest BCUT2D eigenvalue weighted by Gasteiger charge is 2.23. The van der Waals surface area contributed by atoms with Crippen molar-refractivity contribution in [3.05, 3.63) is 24.3 Å². The van der Waals surface area contributed by atoms with Gasteiger partial charge < -0.3 is 15.0 Å². The van der Waals surface area contributed by atoms with Crippen LogP contribution < -0.4 is 15.0 Å². The number of ether oxygens (including phenoxy) is 1. The van der Waals surface area contributed by atoms with Crippen LogP contribution in [0.1, 0.15) is 12.8 Å². The number of thiocarbonyl (C=S) groups is 1. The normalized spacial score (nSPS) is 14.4. The van der Waals surface area contributed by atoms with Crippen molar-refractivity contribution in [1.29, 1.82) is 0 Å². The summed E-state index contributed by atoms with van der Waals surface area (Å²) in [5.74, 6) is 0.846. The van der Waals surface area contributed by atoms with Gasteiger partial charge in [-0.1, -0.05) is 6.07 Å². The van der Waals surface area contributed by atoms with Gasteiger partial charge in [-0.2, -0.15) is 0 Å². The molecule has 1 aromatic rings. The zero-order valence-electron chi connectivity index (χ0n) is 9.56. The fourth-order valence-corrected chi connectivity index (χ4v) is 1.71. The molecular formula is C12H16N2OS. The van der Waals surface area contributed by atoms with Gasteiger partial charge in [-0.25, -0.2) is 0 Å². The summed E-state index contributed by atoms with van der Waals surface area (Å²) in [4.78, 5) is 1.97. The molecule has 0 spiro atoms. The molecule has 0 bridgehead atoms. The molecule has 4 heteroatoms. The largest absolute Gasteiger partial charge is 0.497 e. The van der Waals surface area contributed by atoms with Crippen molar-refractivity contribution in [2.45, 2.75) is 18.9 Å². The summed E-state index contributed by atoms with van der Waals surface area (Å²) in [5.41, 5.74) is 1.04. The molecule has 0 unspecified atom stereocenters. The summed E-state index contributed by atoms with van der Waals surface area (Å²) < 4.78 is 5.19. The fourth-order valence-electron chi connectivity index (χ4n) is 1.44. The van der Waals surface area contributed by atoms with Gasteiger partial charge in [0.05, 0.1) is 7.11 Å². The standard InChI is InChI=1S/C12H16N2OS/c1-14(12(16)13-9-6-7-9)10-4-3-5-11(8-10)15-2/h3-5,8-9H,6-7H2,1-2H3,(H,13,16). The second kappa shape index (κ2) is 4.70. The predicted molar refractivity (Wildman–Crippen MR) is 70.2 cm³/mol. The van der Waals surface area contributed by atoms with E-state index in [0.717, 1.165) is 16.5 Å². The van der Waals surface area contributed by atoms with Crippen LogP contribution in [0, 0.1) is 0 Å². The lowest BCUT2D eigenvalue weighted by molar-refractivity contribution is 0.415. The average Bonchev–Trinajstić information content (AvgIpc) is 3.12. The SMILES string of the molecule is COc1cccc(N(C)C(=S)NC2CC2)c1. The number of anilines is 1. The Kier molecular flexibility index (Phi) is 3.29. The third-order valence-corrected chi connectivity index (χ3v) is 3.04. The van der Waals surface area contributed by atoms with E-state index in [-0.39, 0.29) is 0 Å². The smallest absolute Gasteiger partial charge is 0.173 e. The molecule has 2 rings (SSSR count). The summed E-state index contributed by atoms with van der Waals surface area (Å²) in [5, 5.41) is 4.08. The van der Waals surface area contributed by atoms with Crippen LogP contribution in [0.15, 0.2) is 24.3 Å². The lowest BCUT2D eigenvalue weighted by atomic mass is 10.3. The molecule has 0 radical (unpaired) electrons. The minimum absolute atomic E-state index is 0.584. The van der Waals surface area contributed by atoms with E-state index in [1.54, 1.807) is 7.11 Å². The summed E-state index contributed by atoms with van der Waals surface area (Å²) >= 11 is 5.33. The van der Waals surface area contributed by atoms with Crippen LogP contribution in [0.25, 0.3) is 0 Å². The van der Waals surface area contributed by atoms with E-state index in [0.29, 0.717) is 6.04 Å². The van der Waals surface area contributed by atoms with Gasteiger partial charge in [-0.15, -0.1) is 0 Å². The Morgan fingerprint density at radius 2 is 2.25 bits per heavy atom. The van der Waals surface area contributed by atoms with Crippen LogP contribution in [0.5, 0.6) is 5.75 Å². The van der Waals surface area contributed by atoms with Crippen LogP contribution in [-0.4, -0.2) is 25.3 Å². The highest BCUT2D eigenvalue weighted by Crippen LogP contribution is 2.22. The zero-order valence-corrected chi connectivity index (χ0v) is 10.4. The van der Waals surface area contributed by atoms with Crippen LogP contribution in [0.2, 0.25) is 0 Å². The van der Waals surface area contributed by atoms with Crippen molar-refractivity contribution in [3.63, 3.8) is 0 Å². The Morgan fingerprint density at radius 1 is 1.50 bits per heavy atom. The molecule has 0 saturated heterocycles. The topological polar surface area (TPSA) is 24.5 Å². The van der Waals surface area contributed by atoms with Crippen molar-refractivity contribution in [1.82, 2.24) is 5.32 Å². The number of nitrogens with zero attached hydrogens (tertiary/aromatic N) is 1. The molecule has 1 saturated carbocycles. The highest BCUT2D eigenvalue weighted by atomic mass is 32.1. The van der Waals surface area contributed by atoms with E-state index in [4.69, 9.17) is 17.0 Å². The number of methoxy groups -OCH3 is 1. The Hall–Kier alpha value is -1.29. The Balaban J connectivity index is 2.05. The minimum Gasteiger partial charge on any atom is -0.497 e. The van der Waals surface area contributed by atoms with Gasteiger partial charge in [0.1, 0.15) is 5.75 Å². The molecule has 86 valence electrons. The maximum Gasteiger partial charge on any atom is 0.173 e. The lowest BCUT2D eigenvalue weighted by Crippen LogP contribution is -2.38. The third-order valence-electron chi connectivity index (χ3n) is 2.65. The molecule has 0 aromatic heterocycles. The fraction of sp³-hybridized carbons (Fsp3) is 0.417. The molecule has 0 aliphatic heterocycles. The molecule has 1 aliphatic carbocycles. The van der Waals surface area contributed by atoms with Crippen LogP contribution >= 0.6 is 12.2 Å². The predicted octanol–water partition coefficient (Wildman–Crippen LogP) is 2.17. The quantitative estimate of drug-likeness (QED) is 0.813. The third kappa shape index (κ3) is 2.64. The van der Waals surface area contributed by atoms with E-state index in [9.17, 15) is 0 Å². The van der Waals surface area contributed by atoms with Crippen LogP contribution in [-0.2, 0) is 0 Å². The molecule has 1 N–H and O–H groups in total. The lowest BCUT2D eigenvalue weighted by Gasteiger charge is -2.21. The molecule has 0 atom stereocenters. The van der Waals surface area contributed by atoms with Crippen molar-refractivity contribution in [3.8, 4) is 5.75 Å². The van der Waals surface area contributed by atoms with E-state index in [1.807, 2.05) is 36.2 Å². The number of hydrogen-bond acceptors (Lipinski definition) is 2. The second-order valence-electron chi connectivity index (χ2n) is 3.98. The number of rotatable bonds is 3. The van der Waals surface area contributed by atoms with E-state index >= 15 is 0 Å². The molecule has 16 heavy (non-hydrogen) atoms. The number of benzene rings is 1. The first-order chi connectivity index (χ1) is 7.70. The monoisotopic (exact) mass is 236 g/mol. The molecular weight excluding hydrogens is 220 g/mol.